The van der Waals surface area contributed by atoms with Crippen LogP contribution in [0.5, 0.6) is 0 Å². The Bertz CT molecular complexity index is 1210. The van der Waals surface area contributed by atoms with Gasteiger partial charge in [-0.05, 0) is 30.3 Å². The standard InChI is InChI=1S/C19H13Cl2N7O2S/c20-14-11-15-18(16(21)17(14)28(29)30)31-19(24-15)26-25-12-3-5-13(6-4-12)27(9-1-7-22)10-2-8-23/h3-6,11H,1-2,9-10H2. The molecule has 0 aliphatic carbocycles. The van der Waals surface area contributed by atoms with Crippen molar-refractivity contribution in [1.82, 2.24) is 4.98 Å². The lowest BCUT2D eigenvalue weighted by Crippen LogP contribution is -2.25. The monoisotopic (exact) mass is 473 g/mol. The molecule has 0 aliphatic rings. The number of nitro groups is 1. The van der Waals surface area contributed by atoms with Gasteiger partial charge in [-0.1, -0.05) is 34.5 Å². The number of nitrogens with zero attached hydrogens (tertiary/aromatic N) is 7. The molecule has 12 heteroatoms. The SMILES string of the molecule is N#CCCN(CCC#N)c1ccc(N=Nc2nc3cc(Cl)c([N+](=O)[O-])c(Cl)c3s2)cc1. The molecule has 156 valence electrons. The highest BCUT2D eigenvalue weighted by Crippen LogP contribution is 2.43. The molecule has 0 aliphatic heterocycles. The number of nitro benzene ring substituents is 1. The minimum absolute atomic E-state index is 0.0781. The van der Waals surface area contributed by atoms with E-state index in [1.54, 1.807) is 12.1 Å². The average Bonchev–Trinajstić information content (AvgIpc) is 3.16. The van der Waals surface area contributed by atoms with Crippen LogP contribution < -0.4 is 4.90 Å². The second kappa shape index (κ2) is 10.1. The number of nitriles is 2. The quantitative estimate of drug-likeness (QED) is 0.206. The zero-order valence-electron chi connectivity index (χ0n) is 15.8. The van der Waals surface area contributed by atoms with Gasteiger partial charge >= 0.3 is 5.69 Å². The molecular weight excluding hydrogens is 461 g/mol. The second-order valence-corrected chi connectivity index (χ2v) is 7.91. The number of azo groups is 1. The maximum atomic E-state index is 11.1. The van der Waals surface area contributed by atoms with E-state index in [1.807, 2.05) is 17.0 Å². The average molecular weight is 474 g/mol. The summed E-state index contributed by atoms with van der Waals surface area (Å²) in [5, 5.41) is 37.1. The predicted molar refractivity (Wildman–Crippen MR) is 120 cm³/mol. The summed E-state index contributed by atoms with van der Waals surface area (Å²) in [5.74, 6) is 0. The number of halogens is 2. The number of anilines is 1. The summed E-state index contributed by atoms with van der Waals surface area (Å²) in [7, 11) is 0. The van der Waals surface area contributed by atoms with Gasteiger partial charge in [0, 0.05) is 18.8 Å². The van der Waals surface area contributed by atoms with Crippen LogP contribution in [0.2, 0.25) is 10.0 Å². The van der Waals surface area contributed by atoms with Gasteiger partial charge < -0.3 is 4.90 Å². The van der Waals surface area contributed by atoms with Gasteiger partial charge in [-0.15, -0.1) is 10.2 Å². The smallest absolute Gasteiger partial charge is 0.307 e. The summed E-state index contributed by atoms with van der Waals surface area (Å²) in [6.07, 6.45) is 0.713. The molecule has 0 fully saturated rings. The molecule has 0 spiro atoms. The van der Waals surface area contributed by atoms with Crippen LogP contribution in [-0.2, 0) is 0 Å². The molecule has 0 saturated heterocycles. The number of aromatic nitrogens is 1. The fraction of sp³-hybridized carbons (Fsp3) is 0.211. The van der Waals surface area contributed by atoms with E-state index < -0.39 is 4.92 Å². The molecule has 1 aromatic heterocycles. The van der Waals surface area contributed by atoms with E-state index in [0.717, 1.165) is 17.0 Å². The van der Waals surface area contributed by atoms with Crippen LogP contribution in [-0.4, -0.2) is 23.0 Å². The van der Waals surface area contributed by atoms with E-state index in [-0.39, 0.29) is 20.9 Å². The zero-order chi connectivity index (χ0) is 22.4. The van der Waals surface area contributed by atoms with E-state index in [0.29, 0.717) is 41.8 Å². The number of hydrogen-bond acceptors (Lipinski definition) is 9. The van der Waals surface area contributed by atoms with Crippen LogP contribution in [0.3, 0.4) is 0 Å². The Balaban J connectivity index is 1.81. The van der Waals surface area contributed by atoms with Crippen LogP contribution in [0.4, 0.5) is 22.2 Å². The first kappa shape index (κ1) is 22.4. The molecule has 0 bridgehead atoms. The Kier molecular flexibility index (Phi) is 7.32. The van der Waals surface area contributed by atoms with Gasteiger partial charge in [-0.3, -0.25) is 10.1 Å². The lowest BCUT2D eigenvalue weighted by Gasteiger charge is -2.22. The van der Waals surface area contributed by atoms with Crippen molar-refractivity contribution in [3.8, 4) is 12.1 Å². The van der Waals surface area contributed by atoms with Crippen molar-refractivity contribution in [2.75, 3.05) is 18.0 Å². The van der Waals surface area contributed by atoms with Crippen molar-refractivity contribution in [2.24, 2.45) is 10.2 Å². The van der Waals surface area contributed by atoms with Crippen LogP contribution in [0.15, 0.2) is 40.6 Å². The number of thiazole rings is 1. The van der Waals surface area contributed by atoms with E-state index in [4.69, 9.17) is 33.7 Å². The van der Waals surface area contributed by atoms with Crippen molar-refractivity contribution in [3.63, 3.8) is 0 Å². The summed E-state index contributed by atoms with van der Waals surface area (Å²) in [4.78, 5) is 16.7. The molecular formula is C19H13Cl2N7O2S. The summed E-state index contributed by atoms with van der Waals surface area (Å²) in [6.45, 7) is 1.06. The molecule has 3 rings (SSSR count). The first-order valence-electron chi connectivity index (χ1n) is 8.88. The minimum atomic E-state index is -0.636. The van der Waals surface area contributed by atoms with Gasteiger partial charge in [0.05, 0.1) is 45.8 Å². The molecule has 0 N–H and O–H groups in total. The molecule has 3 aromatic rings. The third kappa shape index (κ3) is 5.25. The molecule has 0 atom stereocenters. The Morgan fingerprint density at radius 1 is 1.13 bits per heavy atom. The van der Waals surface area contributed by atoms with Gasteiger partial charge in [0.15, 0.2) is 0 Å². The lowest BCUT2D eigenvalue weighted by molar-refractivity contribution is -0.384. The summed E-state index contributed by atoms with van der Waals surface area (Å²) >= 11 is 13.1. The number of benzene rings is 2. The van der Waals surface area contributed by atoms with Crippen LogP contribution in [0.25, 0.3) is 10.2 Å². The Morgan fingerprint density at radius 2 is 1.77 bits per heavy atom. The Labute approximate surface area is 190 Å². The maximum absolute atomic E-state index is 11.1. The molecule has 0 radical (unpaired) electrons. The highest BCUT2D eigenvalue weighted by Gasteiger charge is 2.23. The third-order valence-corrected chi connectivity index (χ3v) is 5.92. The first-order chi connectivity index (χ1) is 14.9. The van der Waals surface area contributed by atoms with Gasteiger partial charge in [0.1, 0.15) is 10.0 Å². The van der Waals surface area contributed by atoms with Crippen LogP contribution >= 0.6 is 34.5 Å². The van der Waals surface area contributed by atoms with Crippen molar-refractivity contribution < 1.29 is 4.92 Å². The molecule has 2 aromatic carbocycles. The summed E-state index contributed by atoms with van der Waals surface area (Å²) in [6, 6.07) is 12.8. The van der Waals surface area contributed by atoms with Gasteiger partial charge in [-0.25, -0.2) is 4.98 Å². The van der Waals surface area contributed by atoms with E-state index in [1.165, 1.54) is 6.07 Å². The molecule has 31 heavy (non-hydrogen) atoms. The first-order valence-corrected chi connectivity index (χ1v) is 10.5. The van der Waals surface area contributed by atoms with Crippen LogP contribution in [0.1, 0.15) is 12.8 Å². The number of rotatable bonds is 8. The van der Waals surface area contributed by atoms with Crippen molar-refractivity contribution >= 4 is 66.9 Å². The van der Waals surface area contributed by atoms with Crippen molar-refractivity contribution in [1.29, 1.82) is 10.5 Å². The highest BCUT2D eigenvalue weighted by atomic mass is 35.5. The normalized spacial score (nSPS) is 10.8. The Morgan fingerprint density at radius 3 is 2.35 bits per heavy atom. The molecule has 1 heterocycles. The maximum Gasteiger partial charge on any atom is 0.307 e. The highest BCUT2D eigenvalue weighted by molar-refractivity contribution is 7.22. The van der Waals surface area contributed by atoms with Crippen LogP contribution in [0, 0.1) is 32.8 Å². The Hall–Kier alpha value is -3.31. The topological polar surface area (TPSA) is 132 Å². The van der Waals surface area contributed by atoms with E-state index in [2.05, 4.69) is 27.4 Å². The molecule has 9 nitrogen and oxygen atoms in total. The van der Waals surface area contributed by atoms with Gasteiger partial charge in [-0.2, -0.15) is 10.5 Å². The fourth-order valence-electron chi connectivity index (χ4n) is 2.76. The molecule has 0 saturated carbocycles. The van der Waals surface area contributed by atoms with E-state index in [9.17, 15) is 10.1 Å². The molecule has 0 amide bonds. The predicted octanol–water partition coefficient (Wildman–Crippen LogP) is 6.56. The number of fused-ring (bicyclic) bond motifs is 1. The number of hydrogen-bond donors (Lipinski definition) is 0. The van der Waals surface area contributed by atoms with Crippen molar-refractivity contribution in [3.05, 3.63) is 50.5 Å². The van der Waals surface area contributed by atoms with Gasteiger partial charge in [0.2, 0.25) is 5.13 Å². The fourth-order valence-corrected chi connectivity index (χ4v) is 4.26. The summed E-state index contributed by atoms with van der Waals surface area (Å²) < 4.78 is 0.410. The van der Waals surface area contributed by atoms with Crippen molar-refractivity contribution in [2.45, 2.75) is 12.8 Å². The van der Waals surface area contributed by atoms with E-state index >= 15 is 0 Å². The van der Waals surface area contributed by atoms with Gasteiger partial charge in [0.25, 0.3) is 0 Å². The second-order valence-electron chi connectivity index (χ2n) is 6.14. The zero-order valence-corrected chi connectivity index (χ0v) is 18.2. The lowest BCUT2D eigenvalue weighted by atomic mass is 10.2. The minimum Gasteiger partial charge on any atom is -0.369 e. The summed E-state index contributed by atoms with van der Waals surface area (Å²) in [5.41, 5.74) is 1.48. The largest absolute Gasteiger partial charge is 0.369 e. The third-order valence-electron chi connectivity index (χ3n) is 4.17. The molecule has 0 unspecified atom stereocenters.